The third-order valence-corrected chi connectivity index (χ3v) is 3.10. The van der Waals surface area contributed by atoms with E-state index >= 15 is 0 Å². The lowest BCUT2D eigenvalue weighted by Crippen LogP contribution is -2.09. The van der Waals surface area contributed by atoms with E-state index in [0.29, 0.717) is 6.54 Å². The van der Waals surface area contributed by atoms with Gasteiger partial charge in [0, 0.05) is 17.3 Å². The highest BCUT2D eigenvalue weighted by Gasteiger charge is 2.12. The number of thiazole rings is 1. The summed E-state index contributed by atoms with van der Waals surface area (Å²) >= 11 is 1.51. The lowest BCUT2D eigenvalue weighted by molar-refractivity contribution is 0.0691. The molecule has 0 aliphatic heterocycles. The van der Waals surface area contributed by atoms with E-state index in [1.807, 2.05) is 6.92 Å². The number of hydrogen-bond donors (Lipinski definition) is 2. The van der Waals surface area contributed by atoms with Crippen molar-refractivity contribution in [2.45, 2.75) is 13.5 Å². The molecule has 6 nitrogen and oxygen atoms in total. The Balaban J connectivity index is 2.14. The molecule has 2 aromatic heterocycles. The van der Waals surface area contributed by atoms with E-state index in [1.54, 1.807) is 5.51 Å². The Labute approximate surface area is 101 Å². The van der Waals surface area contributed by atoms with Crippen molar-refractivity contribution in [2.75, 3.05) is 5.32 Å². The summed E-state index contributed by atoms with van der Waals surface area (Å²) in [6.07, 6.45) is 2.81. The smallest absolute Gasteiger partial charge is 0.358 e. The van der Waals surface area contributed by atoms with Gasteiger partial charge in [-0.05, 0) is 6.92 Å². The largest absolute Gasteiger partial charge is 0.476 e. The van der Waals surface area contributed by atoms with Crippen LogP contribution in [0.15, 0.2) is 17.9 Å². The lowest BCUT2D eigenvalue weighted by atomic mass is 10.3. The normalized spacial score (nSPS) is 10.2. The van der Waals surface area contributed by atoms with Crippen LogP contribution in [0.25, 0.3) is 0 Å². The third-order valence-electron chi connectivity index (χ3n) is 2.16. The molecule has 2 N–H and O–H groups in total. The summed E-state index contributed by atoms with van der Waals surface area (Å²) in [6, 6.07) is 0. The second-order valence-corrected chi connectivity index (χ2v) is 4.21. The van der Waals surface area contributed by atoms with Crippen molar-refractivity contribution in [2.24, 2.45) is 0 Å². The van der Waals surface area contributed by atoms with Crippen molar-refractivity contribution >= 4 is 23.1 Å². The number of rotatable bonds is 4. The minimum absolute atomic E-state index is 0.0744. The highest BCUT2D eigenvalue weighted by Crippen LogP contribution is 2.15. The van der Waals surface area contributed by atoms with Crippen molar-refractivity contribution in [1.82, 2.24) is 15.0 Å². The summed E-state index contributed by atoms with van der Waals surface area (Å²) in [5.41, 5.74) is 2.61. The fourth-order valence-corrected chi connectivity index (χ4v) is 2.00. The zero-order valence-corrected chi connectivity index (χ0v) is 9.86. The Hall–Kier alpha value is -2.02. The van der Waals surface area contributed by atoms with Crippen LogP contribution in [0, 0.1) is 6.92 Å². The van der Waals surface area contributed by atoms with E-state index in [2.05, 4.69) is 20.3 Å². The molecule has 17 heavy (non-hydrogen) atoms. The number of carboxylic acid groups (broad SMARTS) is 1. The van der Waals surface area contributed by atoms with Gasteiger partial charge in [0.15, 0.2) is 11.5 Å². The van der Waals surface area contributed by atoms with E-state index in [-0.39, 0.29) is 11.5 Å². The summed E-state index contributed by atoms with van der Waals surface area (Å²) in [6.45, 7) is 2.40. The van der Waals surface area contributed by atoms with Crippen LogP contribution in [0.5, 0.6) is 0 Å². The molecule has 0 fully saturated rings. The number of nitrogens with one attached hydrogen (secondary N) is 1. The standard InChI is InChI=1S/C10H10N4O2S/c1-6-7(17-5-14-6)4-13-9-8(10(15)16)11-2-3-12-9/h2-3,5H,4H2,1H3,(H,12,13)(H,15,16). The first-order chi connectivity index (χ1) is 8.18. The maximum Gasteiger partial charge on any atom is 0.358 e. The Morgan fingerprint density at radius 1 is 1.41 bits per heavy atom. The average Bonchev–Trinajstić information content (AvgIpc) is 2.72. The zero-order chi connectivity index (χ0) is 12.3. The Morgan fingerprint density at radius 3 is 2.82 bits per heavy atom. The SMILES string of the molecule is Cc1ncsc1CNc1nccnc1C(=O)O. The summed E-state index contributed by atoms with van der Waals surface area (Å²) in [5, 5.41) is 11.9. The molecule has 0 radical (unpaired) electrons. The molecule has 0 saturated heterocycles. The molecular weight excluding hydrogens is 240 g/mol. The maximum atomic E-state index is 10.9. The van der Waals surface area contributed by atoms with Gasteiger partial charge >= 0.3 is 5.97 Å². The fraction of sp³-hybridized carbons (Fsp3) is 0.200. The number of aromatic carboxylic acids is 1. The van der Waals surface area contributed by atoms with Crippen LogP contribution in [-0.4, -0.2) is 26.0 Å². The van der Waals surface area contributed by atoms with E-state index in [9.17, 15) is 4.79 Å². The van der Waals surface area contributed by atoms with Gasteiger partial charge in [-0.3, -0.25) is 0 Å². The van der Waals surface area contributed by atoms with Gasteiger partial charge in [0.1, 0.15) is 0 Å². The molecule has 0 amide bonds. The van der Waals surface area contributed by atoms with Crippen LogP contribution in [0.4, 0.5) is 5.82 Å². The molecule has 88 valence electrons. The molecule has 2 heterocycles. The summed E-state index contributed by atoms with van der Waals surface area (Å²) in [4.78, 5) is 23.8. The van der Waals surface area contributed by atoms with Gasteiger partial charge in [-0.25, -0.2) is 19.7 Å². The molecule has 2 rings (SSSR count). The molecule has 0 spiro atoms. The number of aryl methyl sites for hydroxylation is 1. The van der Waals surface area contributed by atoms with Crippen molar-refractivity contribution in [1.29, 1.82) is 0 Å². The molecule has 0 atom stereocenters. The molecule has 0 aliphatic carbocycles. The van der Waals surface area contributed by atoms with Gasteiger partial charge < -0.3 is 10.4 Å². The van der Waals surface area contributed by atoms with Crippen LogP contribution in [0.2, 0.25) is 0 Å². The molecule has 2 aromatic rings. The topological polar surface area (TPSA) is 88.0 Å². The van der Waals surface area contributed by atoms with E-state index in [1.165, 1.54) is 23.7 Å². The predicted molar refractivity (Wildman–Crippen MR) is 63.2 cm³/mol. The van der Waals surface area contributed by atoms with Gasteiger partial charge in [-0.1, -0.05) is 0 Å². The second kappa shape index (κ2) is 4.88. The Bertz CT molecular complexity index is 541. The number of aromatic nitrogens is 3. The van der Waals surface area contributed by atoms with Crippen LogP contribution in [-0.2, 0) is 6.54 Å². The maximum absolute atomic E-state index is 10.9. The minimum atomic E-state index is -1.10. The van der Waals surface area contributed by atoms with Crippen LogP contribution in [0.3, 0.4) is 0 Å². The van der Waals surface area contributed by atoms with Crippen molar-refractivity contribution in [3.63, 3.8) is 0 Å². The number of hydrogen-bond acceptors (Lipinski definition) is 6. The summed E-state index contributed by atoms with van der Waals surface area (Å²) < 4.78 is 0. The Morgan fingerprint density at radius 2 is 2.18 bits per heavy atom. The average molecular weight is 250 g/mol. The molecule has 7 heteroatoms. The van der Waals surface area contributed by atoms with Gasteiger partial charge in [0.05, 0.1) is 17.7 Å². The summed E-state index contributed by atoms with van der Waals surface area (Å²) in [7, 11) is 0. The predicted octanol–water partition coefficient (Wildman–Crippen LogP) is 1.55. The molecule has 0 aliphatic rings. The van der Waals surface area contributed by atoms with Gasteiger partial charge in [0.25, 0.3) is 0 Å². The van der Waals surface area contributed by atoms with E-state index in [0.717, 1.165) is 10.6 Å². The number of carbonyl (C=O) groups is 1. The summed E-state index contributed by atoms with van der Waals surface area (Å²) in [5.74, 6) is -0.825. The van der Waals surface area contributed by atoms with Gasteiger partial charge in [-0.2, -0.15) is 0 Å². The molecule has 0 unspecified atom stereocenters. The van der Waals surface area contributed by atoms with Gasteiger partial charge in [0.2, 0.25) is 0 Å². The lowest BCUT2D eigenvalue weighted by Gasteiger charge is -2.06. The highest BCUT2D eigenvalue weighted by molar-refractivity contribution is 7.09. The van der Waals surface area contributed by atoms with Crippen LogP contribution < -0.4 is 5.32 Å². The first-order valence-corrected chi connectivity index (χ1v) is 5.73. The number of nitrogens with zero attached hydrogens (tertiary/aromatic N) is 3. The second-order valence-electron chi connectivity index (χ2n) is 3.27. The number of anilines is 1. The van der Waals surface area contributed by atoms with Crippen LogP contribution in [0.1, 0.15) is 21.1 Å². The first kappa shape index (κ1) is 11.5. The molecule has 0 bridgehead atoms. The first-order valence-electron chi connectivity index (χ1n) is 4.85. The fourth-order valence-electron chi connectivity index (χ4n) is 1.28. The quantitative estimate of drug-likeness (QED) is 0.856. The Kier molecular flexibility index (Phi) is 3.29. The zero-order valence-electron chi connectivity index (χ0n) is 9.04. The monoisotopic (exact) mass is 250 g/mol. The highest BCUT2D eigenvalue weighted by atomic mass is 32.1. The van der Waals surface area contributed by atoms with Crippen molar-refractivity contribution < 1.29 is 9.90 Å². The van der Waals surface area contributed by atoms with Gasteiger partial charge in [-0.15, -0.1) is 11.3 Å². The van der Waals surface area contributed by atoms with E-state index in [4.69, 9.17) is 5.11 Å². The van der Waals surface area contributed by atoms with Crippen molar-refractivity contribution in [3.8, 4) is 0 Å². The van der Waals surface area contributed by atoms with Crippen LogP contribution >= 0.6 is 11.3 Å². The number of carboxylic acids is 1. The molecular formula is C10H10N4O2S. The molecule has 0 aromatic carbocycles. The van der Waals surface area contributed by atoms with E-state index < -0.39 is 5.97 Å². The minimum Gasteiger partial charge on any atom is -0.476 e. The molecule has 0 saturated carbocycles. The third kappa shape index (κ3) is 2.56. The van der Waals surface area contributed by atoms with Crippen molar-refractivity contribution in [3.05, 3.63) is 34.2 Å².